The number of rotatable bonds is 4. The van der Waals surface area contributed by atoms with Crippen LogP contribution in [-0.2, 0) is 6.42 Å². The average molecular weight is 391 g/mol. The number of fused-ring (bicyclic) bond motifs is 1. The number of aromatic nitrogens is 4. The third-order valence-corrected chi connectivity index (χ3v) is 5.68. The first-order valence-corrected chi connectivity index (χ1v) is 10.0. The highest BCUT2D eigenvalue weighted by atomic mass is 15.4. The third-order valence-electron chi connectivity index (χ3n) is 5.68. The van der Waals surface area contributed by atoms with Crippen molar-refractivity contribution in [3.8, 4) is 12.0 Å². The topological polar surface area (TPSA) is 122 Å². The van der Waals surface area contributed by atoms with Gasteiger partial charge >= 0.3 is 0 Å². The molecule has 9 heteroatoms. The van der Waals surface area contributed by atoms with Gasteiger partial charge in [-0.25, -0.2) is 9.97 Å². The minimum atomic E-state index is -0.120. The molecule has 4 rings (SSSR count). The SMILES string of the molecule is CCC1C(=N)N(C(C)=N)c2cnc(-n3cnc(CC#N)c3)nc2N1C1CCCC1. The first kappa shape index (κ1) is 19.1. The monoisotopic (exact) mass is 391 g/mol. The summed E-state index contributed by atoms with van der Waals surface area (Å²) in [5.74, 6) is 1.95. The lowest BCUT2D eigenvalue weighted by molar-refractivity contribution is 0.547. The molecule has 2 aromatic heterocycles. The zero-order valence-corrected chi connectivity index (χ0v) is 16.8. The van der Waals surface area contributed by atoms with Gasteiger partial charge < -0.3 is 4.90 Å². The molecule has 1 saturated carbocycles. The molecule has 2 aliphatic rings. The van der Waals surface area contributed by atoms with Crippen molar-refractivity contribution in [2.75, 3.05) is 9.80 Å². The van der Waals surface area contributed by atoms with Gasteiger partial charge in [-0.3, -0.25) is 20.3 Å². The molecule has 1 aliphatic carbocycles. The summed E-state index contributed by atoms with van der Waals surface area (Å²) in [6.07, 6.45) is 10.6. The van der Waals surface area contributed by atoms with Gasteiger partial charge in [0.2, 0.25) is 5.95 Å². The molecular weight excluding hydrogens is 366 g/mol. The number of nitrogens with one attached hydrogen (secondary N) is 2. The maximum Gasteiger partial charge on any atom is 0.236 e. The molecule has 1 unspecified atom stereocenters. The van der Waals surface area contributed by atoms with E-state index in [9.17, 15) is 0 Å². The predicted octanol–water partition coefficient (Wildman–Crippen LogP) is 3.05. The van der Waals surface area contributed by atoms with Gasteiger partial charge in [-0.15, -0.1) is 0 Å². The Morgan fingerprint density at radius 3 is 2.72 bits per heavy atom. The van der Waals surface area contributed by atoms with Crippen molar-refractivity contribution in [2.24, 2.45) is 0 Å². The van der Waals surface area contributed by atoms with Crippen molar-refractivity contribution < 1.29 is 0 Å². The van der Waals surface area contributed by atoms with Crippen molar-refractivity contribution in [1.29, 1.82) is 16.1 Å². The first-order chi connectivity index (χ1) is 14.0. The summed E-state index contributed by atoms with van der Waals surface area (Å²) < 4.78 is 1.72. The van der Waals surface area contributed by atoms with Crippen LogP contribution >= 0.6 is 0 Å². The predicted molar refractivity (Wildman–Crippen MR) is 111 cm³/mol. The minimum Gasteiger partial charge on any atom is -0.342 e. The Balaban J connectivity index is 1.84. The van der Waals surface area contributed by atoms with E-state index in [1.807, 2.05) is 0 Å². The molecule has 0 radical (unpaired) electrons. The van der Waals surface area contributed by atoms with Crippen LogP contribution in [0.2, 0.25) is 0 Å². The van der Waals surface area contributed by atoms with E-state index >= 15 is 0 Å². The lowest BCUT2D eigenvalue weighted by Gasteiger charge is -2.45. The smallest absolute Gasteiger partial charge is 0.236 e. The van der Waals surface area contributed by atoms with Crippen LogP contribution in [0.15, 0.2) is 18.7 Å². The lowest BCUT2D eigenvalue weighted by atomic mass is 10.0. The van der Waals surface area contributed by atoms with Crippen molar-refractivity contribution in [3.63, 3.8) is 0 Å². The van der Waals surface area contributed by atoms with Gasteiger partial charge in [0.05, 0.1) is 30.4 Å². The second kappa shape index (κ2) is 7.62. The van der Waals surface area contributed by atoms with E-state index in [1.165, 1.54) is 12.8 Å². The van der Waals surface area contributed by atoms with Crippen LogP contribution in [0.25, 0.3) is 5.95 Å². The van der Waals surface area contributed by atoms with Gasteiger partial charge in [0, 0.05) is 12.2 Å². The largest absolute Gasteiger partial charge is 0.342 e. The van der Waals surface area contributed by atoms with Gasteiger partial charge in [-0.05, 0) is 26.2 Å². The Bertz CT molecular complexity index is 980. The molecular formula is C20H25N9. The Labute approximate surface area is 170 Å². The number of anilines is 2. The number of imidazole rings is 1. The fraction of sp³-hybridized carbons (Fsp3) is 0.500. The highest BCUT2D eigenvalue weighted by Crippen LogP contribution is 2.40. The zero-order chi connectivity index (χ0) is 20.5. The molecule has 0 bridgehead atoms. The molecule has 2 aromatic rings. The first-order valence-electron chi connectivity index (χ1n) is 10.0. The fourth-order valence-corrected chi connectivity index (χ4v) is 4.39. The summed E-state index contributed by atoms with van der Waals surface area (Å²) in [5.41, 5.74) is 1.35. The van der Waals surface area contributed by atoms with Crippen LogP contribution in [0.4, 0.5) is 11.5 Å². The molecule has 2 N–H and O–H groups in total. The molecule has 1 atom stereocenters. The van der Waals surface area contributed by atoms with Crippen LogP contribution < -0.4 is 9.80 Å². The van der Waals surface area contributed by atoms with Crippen molar-refractivity contribution >= 4 is 23.2 Å². The van der Waals surface area contributed by atoms with E-state index in [2.05, 4.69) is 27.9 Å². The third kappa shape index (κ3) is 3.24. The summed E-state index contributed by atoms with van der Waals surface area (Å²) in [5, 5.41) is 25.9. The Morgan fingerprint density at radius 2 is 2.07 bits per heavy atom. The Hall–Kier alpha value is -3.28. The highest BCUT2D eigenvalue weighted by Gasteiger charge is 2.41. The van der Waals surface area contributed by atoms with Gasteiger partial charge in [0.1, 0.15) is 23.7 Å². The van der Waals surface area contributed by atoms with E-state index < -0.39 is 0 Å². The summed E-state index contributed by atoms with van der Waals surface area (Å²) in [6, 6.07) is 2.32. The summed E-state index contributed by atoms with van der Waals surface area (Å²) in [7, 11) is 0. The average Bonchev–Trinajstić information content (AvgIpc) is 3.38. The molecule has 0 amide bonds. The molecule has 9 nitrogen and oxygen atoms in total. The Kier molecular flexibility index (Phi) is 5.01. The van der Waals surface area contributed by atoms with Gasteiger partial charge in [0.25, 0.3) is 0 Å². The molecule has 0 spiro atoms. The number of hydrogen-bond donors (Lipinski definition) is 2. The van der Waals surface area contributed by atoms with Crippen LogP contribution in [0, 0.1) is 22.1 Å². The second-order valence-corrected chi connectivity index (χ2v) is 7.56. The molecule has 3 heterocycles. The number of nitriles is 1. The quantitative estimate of drug-likeness (QED) is 0.610. The van der Waals surface area contributed by atoms with Crippen LogP contribution in [0.1, 0.15) is 51.6 Å². The second-order valence-electron chi connectivity index (χ2n) is 7.56. The maximum absolute atomic E-state index is 8.89. The number of nitrogens with zero attached hydrogens (tertiary/aromatic N) is 7. The highest BCUT2D eigenvalue weighted by molar-refractivity contribution is 6.21. The van der Waals surface area contributed by atoms with E-state index in [0.717, 1.165) is 25.1 Å². The maximum atomic E-state index is 8.89. The van der Waals surface area contributed by atoms with E-state index in [1.54, 1.807) is 35.1 Å². The standard InChI is InChI=1S/C20H25N9/c1-3-16-18(23)28(13(2)22)17-10-24-20(27-11-14(8-9-21)25-12-27)26-19(17)29(16)15-6-4-5-7-15/h10-12,15-16,22-23H,3-8H2,1-2H3. The van der Waals surface area contributed by atoms with Crippen molar-refractivity contribution in [3.05, 3.63) is 24.4 Å². The van der Waals surface area contributed by atoms with Gasteiger partial charge in [0.15, 0.2) is 5.82 Å². The molecule has 0 saturated heterocycles. The number of hydrogen-bond acceptors (Lipinski definition) is 7. The van der Waals surface area contributed by atoms with Crippen LogP contribution in [0.3, 0.4) is 0 Å². The minimum absolute atomic E-state index is 0.120. The van der Waals surface area contributed by atoms with E-state index in [-0.39, 0.29) is 18.3 Å². The van der Waals surface area contributed by atoms with Crippen LogP contribution in [-0.4, -0.2) is 43.3 Å². The van der Waals surface area contributed by atoms with E-state index in [4.69, 9.17) is 21.1 Å². The summed E-state index contributed by atoms with van der Waals surface area (Å²) in [4.78, 5) is 17.5. The zero-order valence-electron chi connectivity index (χ0n) is 16.8. The molecule has 150 valence electrons. The lowest BCUT2D eigenvalue weighted by Crippen LogP contribution is -2.57. The van der Waals surface area contributed by atoms with Gasteiger partial charge in [-0.1, -0.05) is 19.8 Å². The molecule has 1 aliphatic heterocycles. The molecule has 1 fully saturated rings. The number of amidine groups is 2. The fourth-order valence-electron chi connectivity index (χ4n) is 4.39. The van der Waals surface area contributed by atoms with Crippen LogP contribution in [0.5, 0.6) is 0 Å². The summed E-state index contributed by atoms with van der Waals surface area (Å²) in [6.45, 7) is 3.77. The van der Waals surface area contributed by atoms with E-state index in [0.29, 0.717) is 29.2 Å². The van der Waals surface area contributed by atoms with Gasteiger partial charge in [-0.2, -0.15) is 10.2 Å². The molecule has 0 aromatic carbocycles. The van der Waals surface area contributed by atoms with Crippen molar-refractivity contribution in [2.45, 2.75) is 64.5 Å². The summed E-state index contributed by atoms with van der Waals surface area (Å²) >= 11 is 0. The molecule has 29 heavy (non-hydrogen) atoms. The van der Waals surface area contributed by atoms with Crippen molar-refractivity contribution in [1.82, 2.24) is 19.5 Å². The normalized spacial score (nSPS) is 19.3. The Morgan fingerprint density at radius 1 is 1.31 bits per heavy atom.